The molecule has 0 saturated carbocycles. The van der Waals surface area contributed by atoms with E-state index < -0.39 is 5.92 Å². The summed E-state index contributed by atoms with van der Waals surface area (Å²) >= 11 is 0. The molecule has 0 aromatic heterocycles. The van der Waals surface area contributed by atoms with Gasteiger partial charge in [-0.15, -0.1) is 0 Å². The molecule has 0 N–H and O–H groups in total. The topological polar surface area (TPSA) is 52.6 Å². The summed E-state index contributed by atoms with van der Waals surface area (Å²) in [5.41, 5.74) is 1.000. The zero-order valence-electron chi connectivity index (χ0n) is 12.3. The molecule has 0 spiro atoms. The summed E-state index contributed by atoms with van der Waals surface area (Å²) in [6, 6.07) is 9.57. The van der Waals surface area contributed by atoms with Crippen LogP contribution in [0.5, 0.6) is 0 Å². The van der Waals surface area contributed by atoms with Crippen LogP contribution in [0.3, 0.4) is 0 Å². The van der Waals surface area contributed by atoms with E-state index in [1.54, 1.807) is 0 Å². The molecule has 1 aromatic carbocycles. The van der Waals surface area contributed by atoms with Crippen molar-refractivity contribution in [2.75, 3.05) is 13.7 Å². The molecule has 1 atom stereocenters. The molecule has 0 fully saturated rings. The van der Waals surface area contributed by atoms with Crippen molar-refractivity contribution in [1.29, 1.82) is 0 Å². The first-order chi connectivity index (χ1) is 9.52. The predicted octanol–water partition coefficient (Wildman–Crippen LogP) is 2.61. The van der Waals surface area contributed by atoms with Crippen molar-refractivity contribution in [2.45, 2.75) is 26.7 Å². The zero-order valence-corrected chi connectivity index (χ0v) is 12.3. The van der Waals surface area contributed by atoms with E-state index in [1.165, 1.54) is 7.11 Å². The molecule has 4 nitrogen and oxygen atoms in total. The lowest BCUT2D eigenvalue weighted by atomic mass is 9.96. The minimum atomic E-state index is -0.498. The Balaban J connectivity index is 2.61. The van der Waals surface area contributed by atoms with E-state index >= 15 is 0 Å². The van der Waals surface area contributed by atoms with Gasteiger partial charge in [-0.2, -0.15) is 0 Å². The van der Waals surface area contributed by atoms with Gasteiger partial charge in [-0.1, -0.05) is 44.2 Å². The first-order valence-electron chi connectivity index (χ1n) is 6.80. The standard InChI is InChI=1S/C16H22O4/c1-12(2)11-20-15(17)10-14(16(18)19-3)9-13-7-5-4-6-8-13/h4-8,12,14H,9-11H2,1-3H3. The summed E-state index contributed by atoms with van der Waals surface area (Å²) in [6.07, 6.45) is 0.526. The fourth-order valence-electron chi connectivity index (χ4n) is 1.82. The molecule has 1 unspecified atom stereocenters. The lowest BCUT2D eigenvalue weighted by Gasteiger charge is -2.14. The van der Waals surface area contributed by atoms with E-state index in [1.807, 2.05) is 44.2 Å². The molecule has 1 rings (SSSR count). The molecule has 0 aliphatic rings. The lowest BCUT2D eigenvalue weighted by Crippen LogP contribution is -2.24. The Hall–Kier alpha value is -1.84. The highest BCUT2D eigenvalue weighted by Crippen LogP contribution is 2.15. The van der Waals surface area contributed by atoms with Crippen LogP contribution in [0, 0.1) is 11.8 Å². The SMILES string of the molecule is COC(=O)C(CC(=O)OCC(C)C)Cc1ccccc1. The number of hydrogen-bond acceptors (Lipinski definition) is 4. The fraction of sp³-hybridized carbons (Fsp3) is 0.500. The third-order valence-electron chi connectivity index (χ3n) is 2.85. The average Bonchev–Trinajstić information content (AvgIpc) is 2.44. The molecule has 0 heterocycles. The molecule has 1 aromatic rings. The van der Waals surface area contributed by atoms with Crippen LogP contribution in [0.25, 0.3) is 0 Å². The summed E-state index contributed by atoms with van der Waals surface area (Å²) in [5.74, 6) is -0.952. The van der Waals surface area contributed by atoms with Crippen molar-refractivity contribution in [2.24, 2.45) is 11.8 Å². The number of carbonyl (C=O) groups is 2. The van der Waals surface area contributed by atoms with Crippen LogP contribution in [0.1, 0.15) is 25.8 Å². The van der Waals surface area contributed by atoms with Gasteiger partial charge in [0.15, 0.2) is 0 Å². The van der Waals surface area contributed by atoms with Gasteiger partial charge >= 0.3 is 11.9 Å². The maximum atomic E-state index is 11.8. The van der Waals surface area contributed by atoms with E-state index in [4.69, 9.17) is 9.47 Å². The van der Waals surface area contributed by atoms with E-state index in [0.717, 1.165) is 5.56 Å². The summed E-state index contributed by atoms with van der Waals surface area (Å²) in [4.78, 5) is 23.5. The summed E-state index contributed by atoms with van der Waals surface area (Å²) in [5, 5.41) is 0. The van der Waals surface area contributed by atoms with Crippen LogP contribution in [-0.2, 0) is 25.5 Å². The number of ether oxygens (including phenoxy) is 2. The van der Waals surface area contributed by atoms with Gasteiger partial charge in [0, 0.05) is 0 Å². The highest BCUT2D eigenvalue weighted by Gasteiger charge is 2.24. The van der Waals surface area contributed by atoms with Gasteiger partial charge in [-0.3, -0.25) is 9.59 Å². The summed E-state index contributed by atoms with van der Waals surface area (Å²) in [6.45, 7) is 4.31. The molecule has 0 aliphatic carbocycles. The number of methoxy groups -OCH3 is 1. The summed E-state index contributed by atoms with van der Waals surface area (Å²) < 4.78 is 9.88. The van der Waals surface area contributed by atoms with Crippen molar-refractivity contribution in [1.82, 2.24) is 0 Å². The third-order valence-corrected chi connectivity index (χ3v) is 2.85. The first-order valence-corrected chi connectivity index (χ1v) is 6.80. The predicted molar refractivity (Wildman–Crippen MR) is 76.1 cm³/mol. The lowest BCUT2D eigenvalue weighted by molar-refractivity contribution is -0.153. The molecule has 110 valence electrons. The van der Waals surface area contributed by atoms with Crippen LogP contribution in [0.4, 0.5) is 0 Å². The first kappa shape index (κ1) is 16.2. The van der Waals surface area contributed by atoms with Crippen LogP contribution in [0.15, 0.2) is 30.3 Å². The van der Waals surface area contributed by atoms with Crippen molar-refractivity contribution in [3.05, 3.63) is 35.9 Å². The number of esters is 2. The maximum Gasteiger partial charge on any atom is 0.309 e. The second-order valence-electron chi connectivity index (χ2n) is 5.19. The van der Waals surface area contributed by atoms with Crippen molar-refractivity contribution in [3.8, 4) is 0 Å². The fourth-order valence-corrected chi connectivity index (χ4v) is 1.82. The maximum absolute atomic E-state index is 11.8. The van der Waals surface area contributed by atoms with Crippen LogP contribution >= 0.6 is 0 Å². The normalized spacial score (nSPS) is 12.0. The molecular weight excluding hydrogens is 256 g/mol. The van der Waals surface area contributed by atoms with Gasteiger partial charge in [0.1, 0.15) is 0 Å². The molecular formula is C16H22O4. The monoisotopic (exact) mass is 278 g/mol. The Bertz CT molecular complexity index is 425. The van der Waals surface area contributed by atoms with Crippen molar-refractivity contribution in [3.63, 3.8) is 0 Å². The van der Waals surface area contributed by atoms with E-state index in [9.17, 15) is 9.59 Å². The average molecular weight is 278 g/mol. The van der Waals surface area contributed by atoms with Gasteiger partial charge in [-0.25, -0.2) is 0 Å². The Morgan fingerprint density at radius 3 is 2.35 bits per heavy atom. The molecule has 20 heavy (non-hydrogen) atoms. The van der Waals surface area contributed by atoms with Gasteiger partial charge in [-0.05, 0) is 17.9 Å². The van der Waals surface area contributed by atoms with Gasteiger partial charge in [0.2, 0.25) is 0 Å². The van der Waals surface area contributed by atoms with Gasteiger partial charge in [0.25, 0.3) is 0 Å². The Morgan fingerprint density at radius 2 is 1.80 bits per heavy atom. The minimum absolute atomic E-state index is 0.0499. The van der Waals surface area contributed by atoms with Crippen LogP contribution in [0.2, 0.25) is 0 Å². The molecule has 0 aliphatic heterocycles. The van der Waals surface area contributed by atoms with E-state index in [0.29, 0.717) is 13.0 Å². The number of hydrogen-bond donors (Lipinski definition) is 0. The quantitative estimate of drug-likeness (QED) is 0.719. The van der Waals surface area contributed by atoms with E-state index in [-0.39, 0.29) is 24.3 Å². The highest BCUT2D eigenvalue weighted by molar-refractivity contribution is 5.80. The molecule has 0 amide bonds. The number of rotatable bonds is 7. The highest BCUT2D eigenvalue weighted by atomic mass is 16.5. The molecule has 0 saturated heterocycles. The van der Waals surface area contributed by atoms with Crippen molar-refractivity contribution < 1.29 is 19.1 Å². The molecule has 0 radical (unpaired) electrons. The third kappa shape index (κ3) is 5.87. The van der Waals surface area contributed by atoms with Crippen LogP contribution in [-0.4, -0.2) is 25.7 Å². The molecule has 4 heteroatoms. The van der Waals surface area contributed by atoms with Gasteiger partial charge < -0.3 is 9.47 Å². The minimum Gasteiger partial charge on any atom is -0.469 e. The zero-order chi connectivity index (χ0) is 15.0. The number of benzene rings is 1. The second-order valence-corrected chi connectivity index (χ2v) is 5.19. The Morgan fingerprint density at radius 1 is 1.15 bits per heavy atom. The Labute approximate surface area is 120 Å². The Kier molecular flexibility index (Phi) is 6.77. The van der Waals surface area contributed by atoms with Crippen molar-refractivity contribution >= 4 is 11.9 Å². The van der Waals surface area contributed by atoms with Gasteiger partial charge in [0.05, 0.1) is 26.1 Å². The largest absolute Gasteiger partial charge is 0.469 e. The number of carbonyl (C=O) groups excluding carboxylic acids is 2. The smallest absolute Gasteiger partial charge is 0.309 e. The summed E-state index contributed by atoms with van der Waals surface area (Å²) in [7, 11) is 1.33. The molecule has 0 bridgehead atoms. The second kappa shape index (κ2) is 8.35. The van der Waals surface area contributed by atoms with E-state index in [2.05, 4.69) is 0 Å². The van der Waals surface area contributed by atoms with Crippen LogP contribution < -0.4 is 0 Å².